The molecule has 0 radical (unpaired) electrons. The van der Waals surface area contributed by atoms with Crippen molar-refractivity contribution in [3.8, 4) is 0 Å². The monoisotopic (exact) mass is 463 g/mol. The fraction of sp³-hybridized carbons (Fsp3) is 0.190. The third kappa shape index (κ3) is 5.79. The summed E-state index contributed by atoms with van der Waals surface area (Å²) in [4.78, 5) is 29.5. The highest BCUT2D eigenvalue weighted by molar-refractivity contribution is 7.07. The van der Waals surface area contributed by atoms with E-state index in [1.54, 1.807) is 25.3 Å². The van der Waals surface area contributed by atoms with E-state index >= 15 is 0 Å². The first-order chi connectivity index (χ1) is 14.5. The smallest absolute Gasteiger partial charge is 0.281 e. The number of hydrogen-bond donors (Lipinski definition) is 1. The van der Waals surface area contributed by atoms with Crippen LogP contribution in [0.15, 0.2) is 59.0 Å². The van der Waals surface area contributed by atoms with Crippen LogP contribution >= 0.6 is 34.5 Å². The van der Waals surface area contributed by atoms with Crippen LogP contribution in [0, 0.1) is 0 Å². The number of thiazole rings is 1. The average molecular weight is 464 g/mol. The molecule has 1 aromatic heterocycles. The lowest BCUT2D eigenvalue weighted by molar-refractivity contribution is 0.0936. The number of ether oxygens (including phenoxy) is 1. The van der Waals surface area contributed by atoms with E-state index in [2.05, 4.69) is 10.3 Å². The highest BCUT2D eigenvalue weighted by Crippen LogP contribution is 2.21. The van der Waals surface area contributed by atoms with Crippen molar-refractivity contribution in [2.75, 3.05) is 20.3 Å². The predicted octanol–water partition coefficient (Wildman–Crippen LogP) is 4.02. The Hall–Kier alpha value is -2.45. The van der Waals surface area contributed by atoms with Crippen LogP contribution in [0.2, 0.25) is 10.0 Å². The Morgan fingerprint density at radius 3 is 2.80 bits per heavy atom. The molecule has 0 bridgehead atoms. The number of amides is 2. The second-order valence-corrected chi connectivity index (χ2v) is 8.02. The van der Waals surface area contributed by atoms with Gasteiger partial charge in [0.1, 0.15) is 0 Å². The average Bonchev–Trinajstić information content (AvgIpc) is 3.14. The van der Waals surface area contributed by atoms with E-state index in [1.807, 2.05) is 34.3 Å². The van der Waals surface area contributed by atoms with Crippen LogP contribution in [0.3, 0.4) is 0 Å². The van der Waals surface area contributed by atoms with Crippen LogP contribution in [-0.2, 0) is 11.3 Å². The summed E-state index contributed by atoms with van der Waals surface area (Å²) in [6.07, 6.45) is 1.84. The summed E-state index contributed by atoms with van der Waals surface area (Å²) in [5.74, 6) is -0.610. The van der Waals surface area contributed by atoms with Crippen LogP contribution in [0.4, 0.5) is 0 Å². The quantitative estimate of drug-likeness (QED) is 0.537. The third-order valence-electron chi connectivity index (χ3n) is 4.15. The molecule has 3 aromatic rings. The van der Waals surface area contributed by atoms with Crippen molar-refractivity contribution < 1.29 is 14.3 Å². The minimum Gasteiger partial charge on any atom is -0.383 e. The lowest BCUT2D eigenvalue weighted by Gasteiger charge is -2.08. The summed E-state index contributed by atoms with van der Waals surface area (Å²) in [7, 11) is 1.58. The molecule has 1 N–H and O–H groups in total. The molecule has 9 heteroatoms. The molecule has 6 nitrogen and oxygen atoms in total. The van der Waals surface area contributed by atoms with Gasteiger partial charge in [-0.15, -0.1) is 11.3 Å². The van der Waals surface area contributed by atoms with Crippen molar-refractivity contribution in [2.24, 2.45) is 4.99 Å². The number of carbonyl (C=O) groups is 2. The van der Waals surface area contributed by atoms with Gasteiger partial charge in [0.05, 0.1) is 17.2 Å². The molecule has 0 aliphatic heterocycles. The Balaban J connectivity index is 1.79. The Labute approximate surface area is 187 Å². The van der Waals surface area contributed by atoms with Gasteiger partial charge in [0, 0.05) is 42.4 Å². The van der Waals surface area contributed by atoms with Crippen LogP contribution in [0.25, 0.3) is 0 Å². The van der Waals surface area contributed by atoms with Gasteiger partial charge in [-0.3, -0.25) is 9.59 Å². The van der Waals surface area contributed by atoms with Gasteiger partial charge in [0.2, 0.25) is 0 Å². The molecule has 30 heavy (non-hydrogen) atoms. The van der Waals surface area contributed by atoms with Crippen LogP contribution in [0.1, 0.15) is 26.3 Å². The fourth-order valence-electron chi connectivity index (χ4n) is 2.69. The van der Waals surface area contributed by atoms with Gasteiger partial charge in [0.25, 0.3) is 11.8 Å². The Kier molecular flexibility index (Phi) is 7.81. The summed E-state index contributed by atoms with van der Waals surface area (Å²) in [6, 6.07) is 12.0. The zero-order valence-corrected chi connectivity index (χ0v) is 18.4. The molecule has 0 fully saturated rings. The zero-order chi connectivity index (χ0) is 21.5. The van der Waals surface area contributed by atoms with Crippen molar-refractivity contribution >= 4 is 46.4 Å². The fourth-order valence-corrected chi connectivity index (χ4v) is 3.91. The van der Waals surface area contributed by atoms with Crippen LogP contribution in [-0.4, -0.2) is 36.6 Å². The second kappa shape index (κ2) is 10.5. The minimum atomic E-state index is -0.445. The summed E-state index contributed by atoms with van der Waals surface area (Å²) in [6.45, 7) is 1.35. The van der Waals surface area contributed by atoms with E-state index in [4.69, 9.17) is 27.9 Å². The van der Waals surface area contributed by atoms with Crippen molar-refractivity contribution in [1.82, 2.24) is 9.88 Å². The Morgan fingerprint density at radius 2 is 2.03 bits per heavy atom. The highest BCUT2D eigenvalue weighted by atomic mass is 35.5. The van der Waals surface area contributed by atoms with Crippen molar-refractivity contribution in [1.29, 1.82) is 0 Å². The molecule has 0 aliphatic rings. The van der Waals surface area contributed by atoms with Gasteiger partial charge in [-0.25, -0.2) is 0 Å². The molecule has 0 unspecified atom stereocenters. The van der Waals surface area contributed by atoms with E-state index in [9.17, 15) is 9.59 Å². The molecule has 0 saturated heterocycles. The first-order valence-corrected chi connectivity index (χ1v) is 10.7. The van der Waals surface area contributed by atoms with Crippen molar-refractivity contribution in [2.45, 2.75) is 6.54 Å². The topological polar surface area (TPSA) is 72.7 Å². The van der Waals surface area contributed by atoms with Crippen molar-refractivity contribution in [3.05, 3.63) is 85.6 Å². The number of hydrogen-bond acceptors (Lipinski definition) is 4. The molecule has 0 atom stereocenters. The maximum atomic E-state index is 12.6. The van der Waals surface area contributed by atoms with Gasteiger partial charge in [-0.05, 0) is 35.9 Å². The molecule has 0 saturated carbocycles. The molecule has 1 heterocycles. The number of benzene rings is 2. The molecule has 0 aliphatic carbocycles. The number of halogens is 2. The lowest BCUT2D eigenvalue weighted by atomic mass is 10.1. The SMILES string of the molecule is COCCNC(=O)c1cccc(Cn2ccsc2=NC(=O)c2ccc(Cl)cc2Cl)c1. The number of methoxy groups -OCH3 is 1. The molecular weight excluding hydrogens is 445 g/mol. The number of nitrogens with zero attached hydrogens (tertiary/aromatic N) is 2. The van der Waals surface area contributed by atoms with Gasteiger partial charge >= 0.3 is 0 Å². The van der Waals surface area contributed by atoms with E-state index in [1.165, 1.54) is 17.4 Å². The predicted molar refractivity (Wildman–Crippen MR) is 118 cm³/mol. The summed E-state index contributed by atoms with van der Waals surface area (Å²) >= 11 is 13.3. The first-order valence-electron chi connectivity index (χ1n) is 9.02. The van der Waals surface area contributed by atoms with E-state index in [0.29, 0.717) is 35.1 Å². The molecule has 2 aromatic carbocycles. The molecule has 156 valence electrons. The van der Waals surface area contributed by atoms with Crippen molar-refractivity contribution in [3.63, 3.8) is 0 Å². The maximum absolute atomic E-state index is 12.6. The van der Waals surface area contributed by atoms with Crippen LogP contribution in [0.5, 0.6) is 0 Å². The van der Waals surface area contributed by atoms with Gasteiger partial charge < -0.3 is 14.6 Å². The molecule has 2 amide bonds. The molecule has 0 spiro atoms. The number of nitrogens with one attached hydrogen (secondary N) is 1. The third-order valence-corrected chi connectivity index (χ3v) is 5.49. The van der Waals surface area contributed by atoms with Gasteiger partial charge in [-0.2, -0.15) is 4.99 Å². The van der Waals surface area contributed by atoms with Crippen LogP contribution < -0.4 is 10.1 Å². The standard InChI is InChI=1S/C21H19Cl2N3O3S/c1-29-9-7-24-19(27)15-4-2-3-14(11-15)13-26-8-10-30-21(26)25-20(28)17-6-5-16(22)12-18(17)23/h2-6,8,10-12H,7,9,13H2,1H3,(H,24,27). The number of rotatable bonds is 7. The minimum absolute atomic E-state index is 0.165. The maximum Gasteiger partial charge on any atom is 0.281 e. The summed E-state index contributed by atoms with van der Waals surface area (Å²) in [5.41, 5.74) is 1.75. The van der Waals surface area contributed by atoms with E-state index in [-0.39, 0.29) is 16.5 Å². The van der Waals surface area contributed by atoms with E-state index in [0.717, 1.165) is 5.56 Å². The second-order valence-electron chi connectivity index (χ2n) is 6.30. The lowest BCUT2D eigenvalue weighted by Crippen LogP contribution is -2.27. The normalized spacial score (nSPS) is 11.5. The first kappa shape index (κ1) is 22.2. The molecular formula is C21H19Cl2N3O3S. The van der Waals surface area contributed by atoms with Gasteiger partial charge in [0.15, 0.2) is 4.80 Å². The summed E-state index contributed by atoms with van der Waals surface area (Å²) in [5, 5.41) is 5.35. The number of carbonyl (C=O) groups excluding carboxylic acids is 2. The Bertz CT molecular complexity index is 1120. The Morgan fingerprint density at radius 1 is 1.20 bits per heavy atom. The molecule has 3 rings (SSSR count). The largest absolute Gasteiger partial charge is 0.383 e. The number of aromatic nitrogens is 1. The van der Waals surface area contributed by atoms with E-state index < -0.39 is 5.91 Å². The van der Waals surface area contributed by atoms with Gasteiger partial charge in [-0.1, -0.05) is 35.3 Å². The zero-order valence-electron chi connectivity index (χ0n) is 16.1. The summed E-state index contributed by atoms with van der Waals surface area (Å²) < 4.78 is 6.78. The highest BCUT2D eigenvalue weighted by Gasteiger charge is 2.11.